The molecule has 16 heavy (non-hydrogen) atoms. The molecule has 1 unspecified atom stereocenters. The van der Waals surface area contributed by atoms with Gasteiger partial charge in [-0.25, -0.2) is 0 Å². The van der Waals surface area contributed by atoms with Crippen molar-refractivity contribution in [3.05, 3.63) is 0 Å². The third kappa shape index (κ3) is 4.10. The lowest BCUT2D eigenvalue weighted by Gasteiger charge is -2.33. The molecule has 1 saturated heterocycles. The number of hydrogen-bond acceptors (Lipinski definition) is 3. The van der Waals surface area contributed by atoms with Gasteiger partial charge < -0.3 is 16.0 Å². The van der Waals surface area contributed by atoms with Crippen LogP contribution in [-0.4, -0.2) is 42.5 Å². The molecular weight excluding hydrogens is 202 g/mol. The first kappa shape index (κ1) is 13.5. The molecule has 1 heterocycles. The van der Waals surface area contributed by atoms with Crippen molar-refractivity contribution in [1.82, 2.24) is 10.2 Å². The van der Waals surface area contributed by atoms with Gasteiger partial charge in [0.15, 0.2) is 0 Å². The Labute approximate surface area is 98.6 Å². The molecule has 0 saturated carbocycles. The van der Waals surface area contributed by atoms with Gasteiger partial charge in [-0.3, -0.25) is 4.79 Å². The first-order valence-corrected chi connectivity index (χ1v) is 6.45. The molecule has 94 valence electrons. The van der Waals surface area contributed by atoms with Gasteiger partial charge in [0, 0.05) is 6.04 Å². The molecule has 0 aliphatic carbocycles. The van der Waals surface area contributed by atoms with Gasteiger partial charge in [-0.1, -0.05) is 13.8 Å². The summed E-state index contributed by atoms with van der Waals surface area (Å²) in [5.41, 5.74) is 5.33. The number of piperidine rings is 1. The summed E-state index contributed by atoms with van der Waals surface area (Å²) in [6.07, 6.45) is 4.26. The molecule has 1 rings (SSSR count). The topological polar surface area (TPSA) is 58.4 Å². The van der Waals surface area contributed by atoms with Gasteiger partial charge in [0.25, 0.3) is 0 Å². The molecule has 1 aliphatic rings. The Hall–Kier alpha value is -0.610. The molecule has 4 nitrogen and oxygen atoms in total. The standard InChI is InChI=1S/C12H25N3O/c1-3-7-15-8-5-10(6-9-15)14-11(4-2)12(13)16/h10-11,14H,3-9H2,1-2H3,(H2,13,16). The van der Waals surface area contributed by atoms with Crippen molar-refractivity contribution >= 4 is 5.91 Å². The van der Waals surface area contributed by atoms with Crippen molar-refractivity contribution in [3.63, 3.8) is 0 Å². The molecule has 0 aromatic rings. The van der Waals surface area contributed by atoms with Crippen LogP contribution in [0.1, 0.15) is 39.5 Å². The summed E-state index contributed by atoms with van der Waals surface area (Å²) < 4.78 is 0. The lowest BCUT2D eigenvalue weighted by molar-refractivity contribution is -0.120. The minimum Gasteiger partial charge on any atom is -0.368 e. The fourth-order valence-corrected chi connectivity index (χ4v) is 2.33. The van der Waals surface area contributed by atoms with Crippen LogP contribution >= 0.6 is 0 Å². The molecule has 0 aromatic heterocycles. The van der Waals surface area contributed by atoms with Gasteiger partial charge in [-0.05, 0) is 45.3 Å². The predicted molar refractivity (Wildman–Crippen MR) is 66.2 cm³/mol. The quantitative estimate of drug-likeness (QED) is 0.703. The van der Waals surface area contributed by atoms with Crippen molar-refractivity contribution in [2.24, 2.45) is 5.73 Å². The predicted octanol–water partition coefficient (Wildman–Crippen LogP) is 0.714. The highest BCUT2D eigenvalue weighted by molar-refractivity contribution is 5.79. The number of rotatable bonds is 6. The lowest BCUT2D eigenvalue weighted by atomic mass is 10.0. The molecular formula is C12H25N3O. The summed E-state index contributed by atoms with van der Waals surface area (Å²) in [5, 5.41) is 3.37. The van der Waals surface area contributed by atoms with E-state index in [-0.39, 0.29) is 11.9 Å². The third-order valence-corrected chi connectivity index (χ3v) is 3.32. The number of nitrogens with one attached hydrogen (secondary N) is 1. The maximum Gasteiger partial charge on any atom is 0.234 e. The van der Waals surface area contributed by atoms with Crippen molar-refractivity contribution in [3.8, 4) is 0 Å². The Morgan fingerprint density at radius 2 is 2.06 bits per heavy atom. The summed E-state index contributed by atoms with van der Waals surface area (Å²) in [5.74, 6) is -0.224. The largest absolute Gasteiger partial charge is 0.368 e. The summed E-state index contributed by atoms with van der Waals surface area (Å²) in [7, 11) is 0. The number of nitrogens with zero attached hydrogens (tertiary/aromatic N) is 1. The molecule has 0 radical (unpaired) electrons. The van der Waals surface area contributed by atoms with Crippen LogP contribution in [0.15, 0.2) is 0 Å². The van der Waals surface area contributed by atoms with E-state index in [2.05, 4.69) is 17.1 Å². The van der Waals surface area contributed by atoms with E-state index in [1.807, 2.05) is 6.92 Å². The van der Waals surface area contributed by atoms with E-state index in [1.54, 1.807) is 0 Å². The second-order valence-electron chi connectivity index (χ2n) is 4.65. The van der Waals surface area contributed by atoms with Crippen LogP contribution in [0.5, 0.6) is 0 Å². The Kier molecular flexibility index (Phi) is 5.77. The number of amides is 1. The number of likely N-dealkylation sites (tertiary alicyclic amines) is 1. The second-order valence-corrected chi connectivity index (χ2v) is 4.65. The molecule has 1 fully saturated rings. The molecule has 1 amide bonds. The second kappa shape index (κ2) is 6.86. The Morgan fingerprint density at radius 3 is 2.50 bits per heavy atom. The monoisotopic (exact) mass is 227 g/mol. The number of nitrogens with two attached hydrogens (primary N) is 1. The van der Waals surface area contributed by atoms with E-state index in [0.29, 0.717) is 6.04 Å². The average molecular weight is 227 g/mol. The minimum atomic E-state index is -0.224. The minimum absolute atomic E-state index is 0.150. The molecule has 1 aliphatic heterocycles. The fraction of sp³-hybridized carbons (Fsp3) is 0.917. The van der Waals surface area contributed by atoms with Crippen LogP contribution in [0, 0.1) is 0 Å². The van der Waals surface area contributed by atoms with E-state index < -0.39 is 0 Å². The van der Waals surface area contributed by atoms with Gasteiger partial charge in [0.05, 0.1) is 6.04 Å². The molecule has 4 heteroatoms. The van der Waals surface area contributed by atoms with Crippen LogP contribution in [0.3, 0.4) is 0 Å². The lowest BCUT2D eigenvalue weighted by Crippen LogP contribution is -2.50. The Morgan fingerprint density at radius 1 is 1.44 bits per heavy atom. The third-order valence-electron chi connectivity index (χ3n) is 3.32. The van der Waals surface area contributed by atoms with Gasteiger partial charge >= 0.3 is 0 Å². The van der Waals surface area contributed by atoms with Crippen molar-refractivity contribution in [2.75, 3.05) is 19.6 Å². The van der Waals surface area contributed by atoms with Crippen molar-refractivity contribution < 1.29 is 4.79 Å². The molecule has 3 N–H and O–H groups in total. The number of primary amides is 1. The molecule has 0 spiro atoms. The highest BCUT2D eigenvalue weighted by Gasteiger charge is 2.22. The number of carbonyl (C=O) groups excluding carboxylic acids is 1. The summed E-state index contributed by atoms with van der Waals surface area (Å²) >= 11 is 0. The first-order valence-electron chi connectivity index (χ1n) is 6.45. The zero-order chi connectivity index (χ0) is 12.0. The zero-order valence-corrected chi connectivity index (χ0v) is 10.5. The van der Waals surface area contributed by atoms with Crippen LogP contribution in [-0.2, 0) is 4.79 Å². The maximum absolute atomic E-state index is 11.1. The summed E-state index contributed by atoms with van der Waals surface area (Å²) in [6, 6.07) is 0.313. The Balaban J connectivity index is 2.28. The van der Waals surface area contributed by atoms with Crippen LogP contribution in [0.2, 0.25) is 0 Å². The van der Waals surface area contributed by atoms with E-state index in [9.17, 15) is 4.79 Å². The maximum atomic E-state index is 11.1. The van der Waals surface area contributed by atoms with E-state index in [1.165, 1.54) is 13.0 Å². The summed E-state index contributed by atoms with van der Waals surface area (Å²) in [6.45, 7) is 7.68. The highest BCUT2D eigenvalue weighted by atomic mass is 16.1. The van der Waals surface area contributed by atoms with Crippen molar-refractivity contribution in [2.45, 2.75) is 51.6 Å². The average Bonchev–Trinajstić information content (AvgIpc) is 2.28. The molecule has 0 aromatic carbocycles. The van der Waals surface area contributed by atoms with E-state index in [0.717, 1.165) is 32.4 Å². The number of carbonyl (C=O) groups is 1. The van der Waals surface area contributed by atoms with Gasteiger partial charge in [0.1, 0.15) is 0 Å². The van der Waals surface area contributed by atoms with Gasteiger partial charge in [-0.2, -0.15) is 0 Å². The van der Waals surface area contributed by atoms with Crippen LogP contribution in [0.4, 0.5) is 0 Å². The van der Waals surface area contributed by atoms with Crippen LogP contribution in [0.25, 0.3) is 0 Å². The van der Waals surface area contributed by atoms with Crippen molar-refractivity contribution in [1.29, 1.82) is 0 Å². The molecule has 1 atom stereocenters. The van der Waals surface area contributed by atoms with Crippen LogP contribution < -0.4 is 11.1 Å². The van der Waals surface area contributed by atoms with Gasteiger partial charge in [0.2, 0.25) is 5.91 Å². The zero-order valence-electron chi connectivity index (χ0n) is 10.5. The summed E-state index contributed by atoms with van der Waals surface area (Å²) in [4.78, 5) is 13.6. The smallest absolute Gasteiger partial charge is 0.234 e. The number of hydrogen-bond donors (Lipinski definition) is 2. The first-order chi connectivity index (χ1) is 7.67. The Bertz CT molecular complexity index is 212. The SMILES string of the molecule is CCCN1CCC(NC(CC)C(N)=O)CC1. The van der Waals surface area contributed by atoms with Gasteiger partial charge in [-0.15, -0.1) is 0 Å². The normalized spacial score (nSPS) is 20.9. The molecule has 0 bridgehead atoms. The fourth-order valence-electron chi connectivity index (χ4n) is 2.33. The highest BCUT2D eigenvalue weighted by Crippen LogP contribution is 2.11. The van der Waals surface area contributed by atoms with E-state index >= 15 is 0 Å². The van der Waals surface area contributed by atoms with E-state index in [4.69, 9.17) is 5.73 Å².